The molecule has 98 valence electrons. The molecule has 2 rings (SSSR count). The summed E-state index contributed by atoms with van der Waals surface area (Å²) in [4.78, 5) is 19.5. The largest absolute Gasteiger partial charge is 0.478 e. The van der Waals surface area contributed by atoms with E-state index < -0.39 is 5.97 Å². The molecule has 1 unspecified atom stereocenters. The quantitative estimate of drug-likeness (QED) is 0.903. The van der Waals surface area contributed by atoms with Crippen LogP contribution in [0.2, 0.25) is 5.02 Å². The van der Waals surface area contributed by atoms with Crippen molar-refractivity contribution in [2.24, 2.45) is 0 Å². The number of pyridine rings is 1. The van der Waals surface area contributed by atoms with E-state index in [4.69, 9.17) is 16.7 Å². The van der Waals surface area contributed by atoms with Gasteiger partial charge in [0.15, 0.2) is 0 Å². The number of aromatic carboxylic acids is 1. The third-order valence-electron chi connectivity index (χ3n) is 3.29. The van der Waals surface area contributed by atoms with Gasteiger partial charge in [0, 0.05) is 25.3 Å². The number of carbonyl (C=O) groups is 1. The summed E-state index contributed by atoms with van der Waals surface area (Å²) < 4.78 is 0. The maximum absolute atomic E-state index is 11.0. The average Bonchev–Trinajstić information content (AvgIpc) is 2.78. The van der Waals surface area contributed by atoms with Gasteiger partial charge < -0.3 is 14.9 Å². The molecule has 0 amide bonds. The van der Waals surface area contributed by atoms with Gasteiger partial charge in [0.25, 0.3) is 0 Å². The van der Waals surface area contributed by atoms with E-state index in [0.717, 1.165) is 19.5 Å². The van der Waals surface area contributed by atoms with Gasteiger partial charge in [0.2, 0.25) is 0 Å². The van der Waals surface area contributed by atoms with Crippen molar-refractivity contribution in [3.8, 4) is 0 Å². The van der Waals surface area contributed by atoms with Gasteiger partial charge in [-0.2, -0.15) is 0 Å². The maximum atomic E-state index is 11.0. The molecule has 0 saturated carbocycles. The van der Waals surface area contributed by atoms with E-state index in [1.54, 1.807) is 6.07 Å². The van der Waals surface area contributed by atoms with Crippen LogP contribution in [0.5, 0.6) is 0 Å². The van der Waals surface area contributed by atoms with Crippen LogP contribution in [0.15, 0.2) is 12.3 Å². The summed E-state index contributed by atoms with van der Waals surface area (Å²) in [5.74, 6) is -0.340. The molecule has 18 heavy (non-hydrogen) atoms. The minimum Gasteiger partial charge on any atom is -0.478 e. The minimum absolute atomic E-state index is 0.106. The normalized spacial score (nSPS) is 19.6. The molecular formula is C12H16ClN3O2. The van der Waals surface area contributed by atoms with Gasteiger partial charge in [0.1, 0.15) is 5.82 Å². The van der Waals surface area contributed by atoms with Crippen LogP contribution < -0.4 is 4.90 Å². The van der Waals surface area contributed by atoms with Gasteiger partial charge in [-0.05, 0) is 26.6 Å². The van der Waals surface area contributed by atoms with Crippen LogP contribution in [-0.4, -0.2) is 54.2 Å². The molecule has 5 nitrogen and oxygen atoms in total. The van der Waals surface area contributed by atoms with E-state index in [2.05, 4.69) is 14.8 Å². The number of aromatic nitrogens is 1. The van der Waals surface area contributed by atoms with Gasteiger partial charge >= 0.3 is 5.97 Å². The minimum atomic E-state index is -1.02. The fraction of sp³-hybridized carbons (Fsp3) is 0.500. The van der Waals surface area contributed by atoms with E-state index in [0.29, 0.717) is 11.9 Å². The van der Waals surface area contributed by atoms with E-state index in [1.165, 1.54) is 6.20 Å². The summed E-state index contributed by atoms with van der Waals surface area (Å²) in [6.45, 7) is 1.75. The highest BCUT2D eigenvalue weighted by Gasteiger charge is 2.25. The van der Waals surface area contributed by atoms with Crippen molar-refractivity contribution >= 4 is 23.4 Å². The molecule has 1 aromatic rings. The van der Waals surface area contributed by atoms with Gasteiger partial charge in [-0.1, -0.05) is 11.6 Å². The summed E-state index contributed by atoms with van der Waals surface area (Å²) in [7, 11) is 4.10. The lowest BCUT2D eigenvalue weighted by Crippen LogP contribution is -2.31. The zero-order valence-corrected chi connectivity index (χ0v) is 11.2. The number of carboxylic acid groups (broad SMARTS) is 1. The lowest BCUT2D eigenvalue weighted by atomic mass is 10.2. The highest BCUT2D eigenvalue weighted by Crippen LogP contribution is 2.24. The fourth-order valence-electron chi connectivity index (χ4n) is 2.14. The highest BCUT2D eigenvalue weighted by molar-refractivity contribution is 6.33. The number of rotatable bonds is 3. The Kier molecular flexibility index (Phi) is 3.73. The monoisotopic (exact) mass is 269 g/mol. The van der Waals surface area contributed by atoms with E-state index in [9.17, 15) is 4.79 Å². The molecule has 0 bridgehead atoms. The predicted octanol–water partition coefficient (Wildman–Crippen LogP) is 1.57. The van der Waals surface area contributed by atoms with Gasteiger partial charge in [-0.25, -0.2) is 9.78 Å². The Morgan fingerprint density at radius 2 is 2.33 bits per heavy atom. The topological polar surface area (TPSA) is 56.7 Å². The van der Waals surface area contributed by atoms with E-state index in [1.807, 2.05) is 14.1 Å². The standard InChI is InChI=1S/C12H16ClN3O2/c1-15(2)8-3-4-16(7-8)11-5-9(12(17)18)10(13)6-14-11/h5-6,8H,3-4,7H2,1-2H3,(H,17,18). The number of halogens is 1. The molecule has 2 heterocycles. The Morgan fingerprint density at radius 3 is 2.89 bits per heavy atom. The van der Waals surface area contributed by atoms with Crippen molar-refractivity contribution < 1.29 is 9.90 Å². The molecule has 0 spiro atoms. The second kappa shape index (κ2) is 5.12. The Hall–Kier alpha value is -1.33. The molecule has 1 aromatic heterocycles. The molecule has 0 aromatic carbocycles. The van der Waals surface area contributed by atoms with Crippen molar-refractivity contribution in [2.45, 2.75) is 12.5 Å². The number of anilines is 1. The molecule has 1 fully saturated rings. The molecule has 1 N–H and O–H groups in total. The van der Waals surface area contributed by atoms with Crippen molar-refractivity contribution in [3.63, 3.8) is 0 Å². The number of hydrogen-bond donors (Lipinski definition) is 1. The third-order valence-corrected chi connectivity index (χ3v) is 3.59. The SMILES string of the molecule is CN(C)C1CCN(c2cc(C(=O)O)c(Cl)cn2)C1. The summed E-state index contributed by atoms with van der Waals surface area (Å²) in [6.07, 6.45) is 2.46. The first-order chi connectivity index (χ1) is 8.49. The van der Waals surface area contributed by atoms with Crippen molar-refractivity contribution in [1.82, 2.24) is 9.88 Å². The molecule has 1 saturated heterocycles. The molecule has 6 heteroatoms. The Morgan fingerprint density at radius 1 is 1.61 bits per heavy atom. The van der Waals surface area contributed by atoms with Crippen molar-refractivity contribution in [2.75, 3.05) is 32.1 Å². The molecule has 1 atom stereocenters. The van der Waals surface area contributed by atoms with E-state index >= 15 is 0 Å². The Labute approximate surface area is 111 Å². The van der Waals surface area contributed by atoms with Gasteiger partial charge in [-0.3, -0.25) is 0 Å². The molecule has 1 aliphatic heterocycles. The highest BCUT2D eigenvalue weighted by atomic mass is 35.5. The first-order valence-electron chi connectivity index (χ1n) is 5.79. The van der Waals surface area contributed by atoms with Crippen LogP contribution >= 0.6 is 11.6 Å². The summed E-state index contributed by atoms with van der Waals surface area (Å²) in [5.41, 5.74) is 0.106. The van der Waals surface area contributed by atoms with Crippen LogP contribution in [0.1, 0.15) is 16.8 Å². The lowest BCUT2D eigenvalue weighted by Gasteiger charge is -2.21. The second-order valence-corrected chi connectivity index (χ2v) is 5.09. The first kappa shape index (κ1) is 13.1. The van der Waals surface area contributed by atoms with Crippen LogP contribution in [-0.2, 0) is 0 Å². The van der Waals surface area contributed by atoms with Gasteiger partial charge in [0.05, 0.1) is 10.6 Å². The lowest BCUT2D eigenvalue weighted by molar-refractivity contribution is 0.0697. The summed E-state index contributed by atoms with van der Waals surface area (Å²) in [6, 6.07) is 2.03. The molecular weight excluding hydrogens is 254 g/mol. The van der Waals surface area contributed by atoms with E-state index in [-0.39, 0.29) is 10.6 Å². The second-order valence-electron chi connectivity index (χ2n) is 4.68. The molecule has 1 aliphatic rings. The molecule has 0 radical (unpaired) electrons. The maximum Gasteiger partial charge on any atom is 0.337 e. The van der Waals surface area contributed by atoms with Crippen LogP contribution in [0.25, 0.3) is 0 Å². The third kappa shape index (κ3) is 2.57. The van der Waals surface area contributed by atoms with Crippen LogP contribution in [0.3, 0.4) is 0 Å². The smallest absolute Gasteiger partial charge is 0.337 e. The summed E-state index contributed by atoms with van der Waals surface area (Å²) >= 11 is 5.81. The zero-order chi connectivity index (χ0) is 13.3. The zero-order valence-electron chi connectivity index (χ0n) is 10.4. The number of likely N-dealkylation sites (N-methyl/N-ethyl adjacent to an activating group) is 1. The molecule has 0 aliphatic carbocycles. The Bertz CT molecular complexity index is 465. The van der Waals surface area contributed by atoms with Crippen LogP contribution in [0, 0.1) is 0 Å². The fourth-order valence-corrected chi connectivity index (χ4v) is 2.32. The van der Waals surface area contributed by atoms with Crippen molar-refractivity contribution in [1.29, 1.82) is 0 Å². The Balaban J connectivity index is 2.20. The number of hydrogen-bond acceptors (Lipinski definition) is 4. The average molecular weight is 270 g/mol. The van der Waals surface area contributed by atoms with Crippen LogP contribution in [0.4, 0.5) is 5.82 Å². The number of nitrogens with zero attached hydrogens (tertiary/aromatic N) is 3. The van der Waals surface area contributed by atoms with Gasteiger partial charge in [-0.15, -0.1) is 0 Å². The number of carboxylic acids is 1. The first-order valence-corrected chi connectivity index (χ1v) is 6.17. The predicted molar refractivity (Wildman–Crippen MR) is 70.5 cm³/mol. The van der Waals surface area contributed by atoms with Crippen molar-refractivity contribution in [3.05, 3.63) is 22.8 Å². The summed E-state index contributed by atoms with van der Waals surface area (Å²) in [5, 5.41) is 9.21.